The molecule has 0 aromatic heterocycles. The molecular weight excluding hydrogens is 586 g/mol. The van der Waals surface area contributed by atoms with E-state index in [1.807, 2.05) is 0 Å². The number of esters is 1. The summed E-state index contributed by atoms with van der Waals surface area (Å²) in [7, 11) is -9.77. The van der Waals surface area contributed by atoms with Crippen molar-refractivity contribution in [3.63, 3.8) is 0 Å². The largest absolute Gasteiger partial charge is 0.744 e. The van der Waals surface area contributed by atoms with Gasteiger partial charge in [-0.15, -0.1) is 0 Å². The van der Waals surface area contributed by atoms with Gasteiger partial charge < -0.3 is 14.4 Å². The summed E-state index contributed by atoms with van der Waals surface area (Å²) in [6.45, 7) is -1.57. The van der Waals surface area contributed by atoms with Crippen molar-refractivity contribution in [1.29, 1.82) is 0 Å². The van der Waals surface area contributed by atoms with Crippen LogP contribution in [0.5, 0.6) is 0 Å². The zero-order valence-corrected chi connectivity index (χ0v) is 20.6. The summed E-state index contributed by atoms with van der Waals surface area (Å²) in [4.78, 5) is 11.4. The lowest BCUT2D eigenvalue weighted by Crippen LogP contribution is -2.57. The standard InChI is InChI=1S/C22H16F6O9S2/c23-21(24,25)20(30,22(26,27)28)8-9-37-19(29)17-11-13(12-4-6-14(7-5-12)38(31,32)33)10-16-15(17)2-1-3-18(16)39(34,35)36/h1-7,10-11,30H,8-9H2,(H,31,32,33)(H,34,35,36)/p-1. The second-order valence-corrected chi connectivity index (χ2v) is 10.8. The second-order valence-electron chi connectivity index (χ2n) is 8.07. The first kappa shape index (κ1) is 30.3. The smallest absolute Gasteiger partial charge is 0.426 e. The molecule has 0 unspecified atom stereocenters. The molecule has 0 aliphatic carbocycles. The summed E-state index contributed by atoms with van der Waals surface area (Å²) in [5, 5.41) is 8.60. The lowest BCUT2D eigenvalue weighted by molar-refractivity contribution is -0.371. The van der Waals surface area contributed by atoms with Crippen molar-refractivity contribution in [1.82, 2.24) is 0 Å². The van der Waals surface area contributed by atoms with Gasteiger partial charge in [0.25, 0.3) is 15.7 Å². The van der Waals surface area contributed by atoms with Crippen LogP contribution >= 0.6 is 0 Å². The molecule has 3 aromatic rings. The third-order valence-corrected chi connectivity index (χ3v) is 7.33. The highest BCUT2D eigenvalue weighted by atomic mass is 32.2. The van der Waals surface area contributed by atoms with E-state index in [0.717, 1.165) is 54.6 Å². The zero-order valence-electron chi connectivity index (χ0n) is 18.9. The van der Waals surface area contributed by atoms with Crippen LogP contribution in [-0.4, -0.2) is 61.6 Å². The number of hydrogen-bond donors (Lipinski definition) is 2. The number of aliphatic hydroxyl groups is 1. The Morgan fingerprint density at radius 1 is 0.846 bits per heavy atom. The van der Waals surface area contributed by atoms with Crippen molar-refractivity contribution in [2.45, 2.75) is 34.2 Å². The number of fused-ring (bicyclic) bond motifs is 1. The van der Waals surface area contributed by atoms with E-state index in [-0.39, 0.29) is 21.9 Å². The number of halogens is 6. The quantitative estimate of drug-likeness (QED) is 0.231. The Morgan fingerprint density at radius 2 is 1.41 bits per heavy atom. The zero-order chi connectivity index (χ0) is 29.6. The first-order valence-corrected chi connectivity index (χ1v) is 13.2. The van der Waals surface area contributed by atoms with Gasteiger partial charge in [0.05, 0.1) is 22.0 Å². The number of rotatable bonds is 7. The van der Waals surface area contributed by atoms with Crippen LogP contribution in [0.15, 0.2) is 64.4 Å². The molecule has 0 radical (unpaired) electrons. The molecule has 212 valence electrons. The molecular formula is C22H15F6O9S2-. The normalized spacial score (nSPS) is 13.5. The number of alkyl halides is 6. The SMILES string of the molecule is O=C(OCCC(O)(C(F)(F)F)C(F)(F)F)c1cc(-c2ccc(S(=O)(=O)O)cc2)cc2c(S(=O)(=O)[O-])cccc12. The Morgan fingerprint density at radius 3 is 1.90 bits per heavy atom. The van der Waals surface area contributed by atoms with Crippen molar-refractivity contribution in [3.05, 3.63) is 60.2 Å². The molecule has 0 saturated heterocycles. The van der Waals surface area contributed by atoms with E-state index in [0.29, 0.717) is 0 Å². The first-order valence-electron chi connectivity index (χ1n) is 10.3. The van der Waals surface area contributed by atoms with Crippen LogP contribution < -0.4 is 0 Å². The monoisotopic (exact) mass is 601 g/mol. The molecule has 0 saturated carbocycles. The lowest BCUT2D eigenvalue weighted by atomic mass is 9.96. The molecule has 0 heterocycles. The van der Waals surface area contributed by atoms with E-state index in [9.17, 15) is 57.6 Å². The fourth-order valence-electron chi connectivity index (χ4n) is 3.54. The number of hydrogen-bond acceptors (Lipinski definition) is 8. The fourth-order valence-corrected chi connectivity index (χ4v) is 4.71. The number of benzene rings is 3. The highest BCUT2D eigenvalue weighted by molar-refractivity contribution is 7.86. The van der Waals surface area contributed by atoms with Crippen LogP contribution in [0.2, 0.25) is 0 Å². The van der Waals surface area contributed by atoms with Gasteiger partial charge >= 0.3 is 18.3 Å². The molecule has 0 spiro atoms. The minimum atomic E-state index is -6.16. The van der Waals surface area contributed by atoms with Gasteiger partial charge in [-0.2, -0.15) is 34.8 Å². The average Bonchev–Trinajstić information content (AvgIpc) is 2.80. The molecule has 0 fully saturated rings. The van der Waals surface area contributed by atoms with Crippen LogP contribution in [-0.2, 0) is 25.0 Å². The van der Waals surface area contributed by atoms with E-state index in [2.05, 4.69) is 4.74 Å². The summed E-state index contributed by atoms with van der Waals surface area (Å²) in [5.74, 6) is -1.52. The molecule has 17 heteroatoms. The van der Waals surface area contributed by atoms with E-state index in [4.69, 9.17) is 4.55 Å². The predicted octanol–water partition coefficient (Wildman–Crippen LogP) is 4.06. The first-order chi connectivity index (χ1) is 17.7. The molecule has 3 aromatic carbocycles. The summed E-state index contributed by atoms with van der Waals surface area (Å²) in [5.41, 5.74) is -5.72. The highest BCUT2D eigenvalue weighted by Crippen LogP contribution is 2.45. The van der Waals surface area contributed by atoms with Crippen molar-refractivity contribution in [3.8, 4) is 11.1 Å². The second kappa shape index (κ2) is 10.1. The Labute approximate surface area is 216 Å². The minimum Gasteiger partial charge on any atom is -0.744 e. The van der Waals surface area contributed by atoms with Gasteiger partial charge in [-0.05, 0) is 46.8 Å². The van der Waals surface area contributed by atoms with E-state index in [1.165, 1.54) is 0 Å². The van der Waals surface area contributed by atoms with Crippen LogP contribution in [0.25, 0.3) is 21.9 Å². The summed E-state index contributed by atoms with van der Waals surface area (Å²) in [6, 6.07) is 9.33. The number of carbonyl (C=O) groups excluding carboxylic acids is 1. The van der Waals surface area contributed by atoms with Crippen molar-refractivity contribution < 1.29 is 66.9 Å². The van der Waals surface area contributed by atoms with E-state index >= 15 is 0 Å². The Bertz CT molecular complexity index is 1620. The highest BCUT2D eigenvalue weighted by Gasteiger charge is 2.70. The summed E-state index contributed by atoms with van der Waals surface area (Å²) >= 11 is 0. The molecule has 39 heavy (non-hydrogen) atoms. The van der Waals surface area contributed by atoms with Crippen molar-refractivity contribution in [2.24, 2.45) is 0 Å². The number of ether oxygens (including phenoxy) is 1. The maximum atomic E-state index is 12.9. The van der Waals surface area contributed by atoms with E-state index in [1.54, 1.807) is 0 Å². The van der Waals surface area contributed by atoms with Crippen molar-refractivity contribution in [2.75, 3.05) is 6.61 Å². The molecule has 3 rings (SSSR count). The predicted molar refractivity (Wildman–Crippen MR) is 119 cm³/mol. The van der Waals surface area contributed by atoms with Crippen LogP contribution in [0.1, 0.15) is 16.8 Å². The topological polar surface area (TPSA) is 158 Å². The third-order valence-electron chi connectivity index (χ3n) is 5.57. The van der Waals surface area contributed by atoms with Gasteiger partial charge in [-0.25, -0.2) is 13.2 Å². The van der Waals surface area contributed by atoms with Gasteiger partial charge in [0.15, 0.2) is 0 Å². The van der Waals surface area contributed by atoms with Crippen LogP contribution in [0.4, 0.5) is 26.3 Å². The van der Waals surface area contributed by atoms with Crippen LogP contribution in [0.3, 0.4) is 0 Å². The minimum absolute atomic E-state index is 0.0467. The summed E-state index contributed by atoms with van der Waals surface area (Å²) < 4.78 is 149. The maximum absolute atomic E-state index is 12.9. The van der Waals surface area contributed by atoms with Gasteiger partial charge in [-0.3, -0.25) is 4.55 Å². The average molecular weight is 601 g/mol. The van der Waals surface area contributed by atoms with Gasteiger partial charge in [0.1, 0.15) is 10.1 Å². The van der Waals surface area contributed by atoms with Crippen LogP contribution in [0, 0.1) is 0 Å². The third kappa shape index (κ3) is 6.17. The molecule has 0 aliphatic rings. The van der Waals surface area contributed by atoms with Gasteiger partial charge in [-0.1, -0.05) is 24.3 Å². The molecule has 0 atom stereocenters. The van der Waals surface area contributed by atoms with E-state index < -0.39 is 72.5 Å². The maximum Gasteiger partial charge on any atom is 0.426 e. The number of carbonyl (C=O) groups is 1. The van der Waals surface area contributed by atoms with Gasteiger partial charge in [0.2, 0.25) is 0 Å². The summed E-state index contributed by atoms with van der Waals surface area (Å²) in [6.07, 6.45) is -14.4. The Hall–Kier alpha value is -3.25. The Kier molecular flexibility index (Phi) is 7.81. The lowest BCUT2D eigenvalue weighted by Gasteiger charge is -2.32. The molecule has 0 aliphatic heterocycles. The van der Waals surface area contributed by atoms with Crippen molar-refractivity contribution >= 4 is 37.0 Å². The molecule has 0 amide bonds. The molecule has 2 N–H and O–H groups in total. The molecule has 0 bridgehead atoms. The Balaban J connectivity index is 2.10. The molecule has 9 nitrogen and oxygen atoms in total. The van der Waals surface area contributed by atoms with Gasteiger partial charge in [0, 0.05) is 11.8 Å². The fraction of sp³-hybridized carbons (Fsp3) is 0.227.